The number of benzene rings is 2. The molecule has 1 N–H and O–H groups in total. The second-order valence-corrected chi connectivity index (χ2v) is 16.5. The number of carbonyl (C=O) groups excluding carboxylic acids is 2. The highest BCUT2D eigenvalue weighted by atomic mass is 32.2. The molecule has 2 aliphatic heterocycles. The molecule has 1 saturated heterocycles. The highest BCUT2D eigenvalue weighted by Crippen LogP contribution is 2.52. The summed E-state index contributed by atoms with van der Waals surface area (Å²) in [5.41, 5.74) is 3.17. The van der Waals surface area contributed by atoms with Crippen LogP contribution in [0.25, 0.3) is 11.3 Å². The highest BCUT2D eigenvalue weighted by molar-refractivity contribution is 7.92. The molecule has 3 aliphatic rings. The summed E-state index contributed by atoms with van der Waals surface area (Å²) < 4.78 is 41.8. The minimum Gasteiger partial charge on any atom is -0.475 e. The Balaban J connectivity index is 1.32. The molecular weight excluding hydrogens is 643 g/mol. The molecule has 2 amide bonds. The second kappa shape index (κ2) is 13.3. The number of nitrogens with zero attached hydrogens (tertiary/aromatic N) is 4. The summed E-state index contributed by atoms with van der Waals surface area (Å²) >= 11 is 0. The van der Waals surface area contributed by atoms with Gasteiger partial charge in [-0.2, -0.15) is 4.98 Å². The molecule has 2 aromatic carbocycles. The molecule has 1 aromatic heterocycles. The van der Waals surface area contributed by atoms with Gasteiger partial charge in [-0.3, -0.25) is 4.79 Å². The van der Waals surface area contributed by atoms with Crippen molar-refractivity contribution in [2.75, 3.05) is 24.4 Å². The van der Waals surface area contributed by atoms with Crippen molar-refractivity contribution in [3.05, 3.63) is 65.2 Å². The lowest BCUT2D eigenvalue weighted by Gasteiger charge is -2.56. The predicted octanol–water partition coefficient (Wildman–Crippen LogP) is 6.74. The second-order valence-electron chi connectivity index (χ2n) is 14.8. The average molecular weight is 690 g/mol. The van der Waals surface area contributed by atoms with Crippen molar-refractivity contribution in [3.63, 3.8) is 0 Å². The van der Waals surface area contributed by atoms with Crippen LogP contribution in [0.15, 0.2) is 53.4 Å². The Kier molecular flexibility index (Phi) is 9.38. The van der Waals surface area contributed by atoms with Gasteiger partial charge in [0.15, 0.2) is 0 Å². The lowest BCUT2D eigenvalue weighted by atomic mass is 9.59. The Morgan fingerprint density at radius 1 is 1.04 bits per heavy atom. The Hall–Kier alpha value is -4.19. The number of piperidine rings is 1. The Morgan fingerprint density at radius 2 is 1.71 bits per heavy atom. The summed E-state index contributed by atoms with van der Waals surface area (Å²) in [6, 6.07) is 13.5. The summed E-state index contributed by atoms with van der Waals surface area (Å²) in [7, 11) is -4.14. The van der Waals surface area contributed by atoms with Crippen LogP contribution in [0.1, 0.15) is 87.7 Å². The first kappa shape index (κ1) is 34.7. The van der Waals surface area contributed by atoms with Crippen molar-refractivity contribution >= 4 is 28.0 Å². The molecule has 262 valence electrons. The van der Waals surface area contributed by atoms with Crippen molar-refractivity contribution in [1.82, 2.24) is 19.8 Å². The van der Waals surface area contributed by atoms with Gasteiger partial charge in [0.2, 0.25) is 11.8 Å². The van der Waals surface area contributed by atoms with Gasteiger partial charge in [-0.15, -0.1) is 0 Å². The number of aromatic nitrogens is 2. The van der Waals surface area contributed by atoms with Gasteiger partial charge in [0, 0.05) is 36.3 Å². The molecule has 1 aliphatic carbocycles. The molecule has 1 spiro atoms. The lowest BCUT2D eigenvalue weighted by Crippen LogP contribution is -2.60. The van der Waals surface area contributed by atoms with Crippen LogP contribution in [0.4, 0.5) is 10.7 Å². The van der Waals surface area contributed by atoms with Gasteiger partial charge in [-0.05, 0) is 101 Å². The van der Waals surface area contributed by atoms with Gasteiger partial charge in [0.25, 0.3) is 15.9 Å². The quantitative estimate of drug-likeness (QED) is 0.319. The largest absolute Gasteiger partial charge is 0.475 e. The fraction of sp³-hybridized carbons (Fsp3) is 0.514. The number of anilines is 1. The summed E-state index contributed by atoms with van der Waals surface area (Å²) in [5, 5.41) is 0. The number of hydrogen-bond acceptors (Lipinski definition) is 8. The maximum Gasteiger partial charge on any atom is 0.410 e. The first-order valence-electron chi connectivity index (χ1n) is 17.2. The summed E-state index contributed by atoms with van der Waals surface area (Å²) in [4.78, 5) is 39.9. The van der Waals surface area contributed by atoms with Crippen LogP contribution >= 0.6 is 0 Å². The summed E-state index contributed by atoms with van der Waals surface area (Å²) in [5.74, 6) is -0.100. The zero-order valence-corrected chi connectivity index (χ0v) is 30.1. The van der Waals surface area contributed by atoms with E-state index in [1.807, 2.05) is 57.7 Å². The van der Waals surface area contributed by atoms with E-state index in [0.29, 0.717) is 30.8 Å². The number of rotatable bonds is 4. The molecule has 1 saturated carbocycles. The van der Waals surface area contributed by atoms with Crippen molar-refractivity contribution in [1.29, 1.82) is 0 Å². The number of aryl methyl sites for hydroxylation is 2. The molecule has 2 fully saturated rings. The van der Waals surface area contributed by atoms with Gasteiger partial charge in [-0.25, -0.2) is 22.9 Å². The number of fused-ring (bicyclic) bond motifs is 4. The Bertz CT molecular complexity index is 1820. The van der Waals surface area contributed by atoms with Crippen LogP contribution in [0, 0.1) is 19.3 Å². The number of likely N-dealkylation sites (tertiary alicyclic amines) is 1. The first-order valence-corrected chi connectivity index (χ1v) is 18.7. The predicted molar refractivity (Wildman–Crippen MR) is 187 cm³/mol. The van der Waals surface area contributed by atoms with Crippen molar-refractivity contribution in [3.8, 4) is 17.1 Å². The van der Waals surface area contributed by atoms with Crippen molar-refractivity contribution in [2.24, 2.45) is 5.41 Å². The van der Waals surface area contributed by atoms with Crippen LogP contribution < -0.4 is 9.46 Å². The van der Waals surface area contributed by atoms with E-state index in [-0.39, 0.29) is 52.8 Å². The third-order valence-corrected chi connectivity index (χ3v) is 11.3. The summed E-state index contributed by atoms with van der Waals surface area (Å²) in [6.45, 7) is 13.1. The zero-order chi connectivity index (χ0) is 35.1. The zero-order valence-electron chi connectivity index (χ0n) is 29.3. The average Bonchev–Trinajstić information content (AvgIpc) is 3.02. The Morgan fingerprint density at radius 3 is 2.37 bits per heavy atom. The molecule has 11 nitrogen and oxygen atoms in total. The van der Waals surface area contributed by atoms with E-state index in [2.05, 4.69) is 21.6 Å². The van der Waals surface area contributed by atoms with Crippen LogP contribution in [-0.2, 0) is 14.8 Å². The van der Waals surface area contributed by atoms with Crippen LogP contribution in [0.2, 0.25) is 0 Å². The van der Waals surface area contributed by atoms with Crippen molar-refractivity contribution < 1.29 is 27.5 Å². The number of nitrogens with one attached hydrogen (secondary N) is 1. The molecule has 12 heteroatoms. The standard InChI is InChI=1S/C37H47N5O6S/c1-7-10-27-23-47-31-20-30(32-24(2)11-8-12-25(32)3)38-34(39-31)40-49(45,46)29-14-9-13-26(19-29)33(43)42(27)28-21-37(22-28)15-17-41(18-16-37)35(44)48-36(4,5)6/h8-9,11-14,19-20,27-28H,7,10,15-18,21-23H2,1-6H3,(H,38,39,40)/t27-/m1/s1. The molecule has 3 aromatic rings. The molecule has 1 atom stereocenters. The molecule has 0 radical (unpaired) electrons. The van der Waals surface area contributed by atoms with E-state index in [4.69, 9.17) is 9.47 Å². The fourth-order valence-electron chi connectivity index (χ4n) is 7.50. The van der Waals surface area contributed by atoms with Gasteiger partial charge < -0.3 is 19.3 Å². The minimum atomic E-state index is -4.14. The van der Waals surface area contributed by atoms with E-state index >= 15 is 0 Å². The van der Waals surface area contributed by atoms with E-state index in [1.54, 1.807) is 23.1 Å². The van der Waals surface area contributed by atoms with Gasteiger partial charge in [0.05, 0.1) is 16.6 Å². The Labute approximate surface area is 289 Å². The fourth-order valence-corrected chi connectivity index (χ4v) is 8.49. The third-order valence-electron chi connectivity index (χ3n) is 9.94. The number of carbonyl (C=O) groups is 2. The van der Waals surface area contributed by atoms with E-state index < -0.39 is 15.6 Å². The van der Waals surface area contributed by atoms with Gasteiger partial charge in [0.1, 0.15) is 12.2 Å². The monoisotopic (exact) mass is 689 g/mol. The maximum atomic E-state index is 14.4. The summed E-state index contributed by atoms with van der Waals surface area (Å²) in [6.07, 6.45) is 4.50. The van der Waals surface area contributed by atoms with Crippen LogP contribution in [-0.4, -0.2) is 77.6 Å². The van der Waals surface area contributed by atoms with E-state index in [9.17, 15) is 18.0 Å². The van der Waals surface area contributed by atoms with E-state index in [0.717, 1.165) is 48.8 Å². The third kappa shape index (κ3) is 7.39. The normalized spacial score (nSPS) is 20.6. The number of amides is 2. The van der Waals surface area contributed by atoms with Crippen molar-refractivity contribution in [2.45, 2.75) is 103 Å². The number of ether oxygens (including phenoxy) is 2. The molecule has 49 heavy (non-hydrogen) atoms. The molecule has 4 bridgehead atoms. The van der Waals surface area contributed by atoms with Crippen LogP contribution in [0.5, 0.6) is 5.88 Å². The van der Waals surface area contributed by atoms with Crippen LogP contribution in [0.3, 0.4) is 0 Å². The minimum absolute atomic E-state index is 0.0270. The molecule has 6 rings (SSSR count). The smallest absolute Gasteiger partial charge is 0.410 e. The molecule has 0 unspecified atom stereocenters. The molecular formula is C37H47N5O6S. The highest BCUT2D eigenvalue weighted by Gasteiger charge is 2.51. The maximum absolute atomic E-state index is 14.4. The van der Waals surface area contributed by atoms with Gasteiger partial charge in [-0.1, -0.05) is 37.6 Å². The van der Waals surface area contributed by atoms with Gasteiger partial charge >= 0.3 is 6.09 Å². The van der Waals surface area contributed by atoms with E-state index in [1.165, 1.54) is 12.1 Å². The number of sulfonamides is 1. The number of hydrogen-bond donors (Lipinski definition) is 1. The SMILES string of the molecule is CCC[C@@H]1COc2cc(-c3c(C)cccc3C)nc(n2)NS(=O)(=O)c2cccc(c2)C(=O)N1C1CC2(CCN(C(=O)OC(C)(C)C)CC2)C1. The topological polar surface area (TPSA) is 131 Å². The lowest BCUT2D eigenvalue weighted by molar-refractivity contribution is -0.0544. The molecule has 3 heterocycles. The first-order chi connectivity index (χ1) is 23.2.